The van der Waals surface area contributed by atoms with Crippen LogP contribution < -0.4 is 9.62 Å². The van der Waals surface area contributed by atoms with E-state index in [0.29, 0.717) is 27.7 Å². The lowest BCUT2D eigenvalue weighted by Gasteiger charge is -2.35. The summed E-state index contributed by atoms with van der Waals surface area (Å²) in [6.45, 7) is 6.97. The van der Waals surface area contributed by atoms with Crippen LogP contribution in [-0.2, 0) is 26.2 Å². The molecule has 0 aliphatic heterocycles. The van der Waals surface area contributed by atoms with Crippen molar-refractivity contribution in [1.29, 1.82) is 0 Å². The van der Waals surface area contributed by atoms with Gasteiger partial charge in [0.1, 0.15) is 12.6 Å². The van der Waals surface area contributed by atoms with Crippen molar-refractivity contribution in [3.05, 3.63) is 93.0 Å². The van der Waals surface area contributed by atoms with Gasteiger partial charge in [-0.1, -0.05) is 85.3 Å². The van der Waals surface area contributed by atoms with Gasteiger partial charge in [0.2, 0.25) is 11.8 Å². The van der Waals surface area contributed by atoms with Gasteiger partial charge in [-0.15, -0.1) is 0 Å². The standard InChI is InChI=1S/C34H41Cl2N3O4S/c1-5-31(34(41)37-28-11-7-6-8-12-28)38(21-26-16-17-27(35)20-30(26)36)33(40)22-39(32-13-9-10-24(3)25(32)4)44(42,43)29-18-14-23(2)15-19-29/h9-10,13-20,28,31H,5-8,11-12,21-22H2,1-4H3,(H,37,41). The zero-order valence-electron chi connectivity index (χ0n) is 25.8. The minimum atomic E-state index is -4.16. The fourth-order valence-corrected chi connectivity index (χ4v) is 7.59. The number of nitrogens with zero attached hydrogens (tertiary/aromatic N) is 2. The number of carbonyl (C=O) groups excluding carboxylic acids is 2. The van der Waals surface area contributed by atoms with E-state index in [2.05, 4.69) is 5.32 Å². The first-order valence-electron chi connectivity index (χ1n) is 15.1. The second kappa shape index (κ2) is 14.8. The maximum Gasteiger partial charge on any atom is 0.264 e. The summed E-state index contributed by atoms with van der Waals surface area (Å²) in [5.74, 6) is -0.768. The van der Waals surface area contributed by atoms with Gasteiger partial charge < -0.3 is 10.2 Å². The molecule has 3 aromatic carbocycles. The van der Waals surface area contributed by atoms with Crippen LogP contribution >= 0.6 is 23.2 Å². The van der Waals surface area contributed by atoms with Crippen LogP contribution in [0.25, 0.3) is 0 Å². The molecule has 0 saturated heterocycles. The molecule has 44 heavy (non-hydrogen) atoms. The van der Waals surface area contributed by atoms with Crippen LogP contribution in [0.5, 0.6) is 0 Å². The number of sulfonamides is 1. The number of hydrogen-bond acceptors (Lipinski definition) is 4. The van der Waals surface area contributed by atoms with E-state index < -0.39 is 28.5 Å². The number of benzene rings is 3. The summed E-state index contributed by atoms with van der Waals surface area (Å²) in [7, 11) is -4.16. The zero-order chi connectivity index (χ0) is 32.0. The molecule has 4 rings (SSSR count). The molecule has 0 bridgehead atoms. The minimum absolute atomic E-state index is 0.0106. The smallest absolute Gasteiger partial charge is 0.264 e. The van der Waals surface area contributed by atoms with Crippen molar-refractivity contribution in [2.24, 2.45) is 0 Å². The average molecular weight is 659 g/mol. The van der Waals surface area contributed by atoms with Gasteiger partial charge in [0.05, 0.1) is 10.6 Å². The number of carbonyl (C=O) groups is 2. The Kier molecular flexibility index (Phi) is 11.4. The van der Waals surface area contributed by atoms with Crippen molar-refractivity contribution < 1.29 is 18.0 Å². The molecule has 1 fully saturated rings. The average Bonchev–Trinajstić information content (AvgIpc) is 2.99. The maximum absolute atomic E-state index is 14.4. The molecule has 7 nitrogen and oxygen atoms in total. The van der Waals surface area contributed by atoms with E-state index >= 15 is 0 Å². The Morgan fingerprint density at radius 2 is 1.64 bits per heavy atom. The molecule has 1 aliphatic carbocycles. The zero-order valence-corrected chi connectivity index (χ0v) is 28.1. The SMILES string of the molecule is CCC(C(=O)NC1CCCCC1)N(Cc1ccc(Cl)cc1Cl)C(=O)CN(c1cccc(C)c1C)S(=O)(=O)c1ccc(C)cc1. The van der Waals surface area contributed by atoms with E-state index in [0.717, 1.165) is 53.1 Å². The third-order valence-corrected chi connectivity index (χ3v) is 10.8. The molecule has 10 heteroatoms. The van der Waals surface area contributed by atoms with Gasteiger partial charge in [0, 0.05) is 22.6 Å². The van der Waals surface area contributed by atoms with Crippen LogP contribution in [0.3, 0.4) is 0 Å². The van der Waals surface area contributed by atoms with Gasteiger partial charge in [0.15, 0.2) is 0 Å². The van der Waals surface area contributed by atoms with E-state index in [-0.39, 0.29) is 23.4 Å². The predicted octanol–water partition coefficient (Wildman–Crippen LogP) is 7.37. The van der Waals surface area contributed by atoms with Crippen LogP contribution in [-0.4, -0.2) is 43.8 Å². The molecule has 1 N–H and O–H groups in total. The number of aryl methyl sites for hydroxylation is 2. The third-order valence-electron chi connectivity index (χ3n) is 8.43. The number of halogens is 2. The first kappa shape index (κ1) is 33.8. The molecule has 0 radical (unpaired) electrons. The van der Waals surface area contributed by atoms with Crippen LogP contribution in [0.1, 0.15) is 67.7 Å². The number of rotatable bonds is 11. The summed E-state index contributed by atoms with van der Waals surface area (Å²) in [4.78, 5) is 29.7. The molecule has 1 aliphatic rings. The van der Waals surface area contributed by atoms with E-state index in [1.54, 1.807) is 54.6 Å². The van der Waals surface area contributed by atoms with E-state index in [1.165, 1.54) is 4.90 Å². The number of hydrogen-bond donors (Lipinski definition) is 1. The van der Waals surface area contributed by atoms with Crippen molar-refractivity contribution in [1.82, 2.24) is 10.2 Å². The van der Waals surface area contributed by atoms with E-state index in [1.807, 2.05) is 33.8 Å². The number of amides is 2. The highest BCUT2D eigenvalue weighted by Gasteiger charge is 2.35. The number of nitrogens with one attached hydrogen (secondary N) is 1. The van der Waals surface area contributed by atoms with Gasteiger partial charge >= 0.3 is 0 Å². The Labute approximate surface area is 271 Å². The summed E-state index contributed by atoms with van der Waals surface area (Å²) < 4.78 is 29.5. The highest BCUT2D eigenvalue weighted by atomic mass is 35.5. The van der Waals surface area contributed by atoms with Gasteiger partial charge in [-0.3, -0.25) is 13.9 Å². The van der Waals surface area contributed by atoms with Crippen LogP contribution in [0.2, 0.25) is 10.0 Å². The lowest BCUT2D eigenvalue weighted by molar-refractivity contribution is -0.140. The Bertz CT molecular complexity index is 1590. The first-order chi connectivity index (χ1) is 20.9. The molecule has 0 spiro atoms. The van der Waals surface area contributed by atoms with Gasteiger partial charge in [-0.25, -0.2) is 8.42 Å². The molecule has 2 amide bonds. The van der Waals surface area contributed by atoms with Crippen molar-refractivity contribution in [3.8, 4) is 0 Å². The summed E-state index contributed by atoms with van der Waals surface area (Å²) in [5.41, 5.74) is 3.56. The molecule has 1 atom stereocenters. The van der Waals surface area contributed by atoms with Crippen LogP contribution in [0.4, 0.5) is 5.69 Å². The van der Waals surface area contributed by atoms with Crippen LogP contribution in [0, 0.1) is 20.8 Å². The Balaban J connectivity index is 1.76. The highest BCUT2D eigenvalue weighted by Crippen LogP contribution is 2.30. The third kappa shape index (κ3) is 7.95. The van der Waals surface area contributed by atoms with Gasteiger partial charge in [-0.2, -0.15) is 0 Å². The monoisotopic (exact) mass is 657 g/mol. The minimum Gasteiger partial charge on any atom is -0.352 e. The molecule has 0 aromatic heterocycles. The van der Waals surface area contributed by atoms with Crippen molar-refractivity contribution in [2.45, 2.75) is 89.7 Å². The Morgan fingerprint density at radius 3 is 2.27 bits per heavy atom. The molecular formula is C34H41Cl2N3O4S. The van der Waals surface area contributed by atoms with Crippen molar-refractivity contribution >= 4 is 50.7 Å². The highest BCUT2D eigenvalue weighted by molar-refractivity contribution is 7.92. The van der Waals surface area contributed by atoms with Crippen molar-refractivity contribution in [3.63, 3.8) is 0 Å². The second-order valence-corrected chi connectivity index (χ2v) is 14.3. The molecule has 3 aromatic rings. The van der Waals surface area contributed by atoms with Gasteiger partial charge in [0.25, 0.3) is 10.0 Å². The summed E-state index contributed by atoms with van der Waals surface area (Å²) in [5, 5.41) is 3.96. The molecular weight excluding hydrogens is 617 g/mol. The summed E-state index contributed by atoms with van der Waals surface area (Å²) >= 11 is 12.7. The number of anilines is 1. The predicted molar refractivity (Wildman–Crippen MR) is 178 cm³/mol. The van der Waals surface area contributed by atoms with Gasteiger partial charge in [-0.05, 0) is 87.1 Å². The largest absolute Gasteiger partial charge is 0.352 e. The Morgan fingerprint density at radius 1 is 0.955 bits per heavy atom. The molecule has 1 saturated carbocycles. The first-order valence-corrected chi connectivity index (χ1v) is 17.3. The molecule has 236 valence electrons. The molecule has 1 unspecified atom stereocenters. The molecule has 0 heterocycles. The fourth-order valence-electron chi connectivity index (χ4n) is 5.65. The van der Waals surface area contributed by atoms with E-state index in [4.69, 9.17) is 23.2 Å². The second-order valence-electron chi connectivity index (χ2n) is 11.6. The summed E-state index contributed by atoms with van der Waals surface area (Å²) in [6, 6.07) is 16.1. The quantitative estimate of drug-likeness (QED) is 0.233. The topological polar surface area (TPSA) is 86.8 Å². The normalized spacial score (nSPS) is 14.6. The van der Waals surface area contributed by atoms with E-state index in [9.17, 15) is 18.0 Å². The summed E-state index contributed by atoms with van der Waals surface area (Å²) in [6.07, 6.45) is 5.37. The maximum atomic E-state index is 14.4. The Hall–Kier alpha value is -3.07. The van der Waals surface area contributed by atoms with Crippen molar-refractivity contribution in [2.75, 3.05) is 10.8 Å². The van der Waals surface area contributed by atoms with Crippen LogP contribution in [0.15, 0.2) is 65.6 Å². The lowest BCUT2D eigenvalue weighted by Crippen LogP contribution is -2.54. The fraction of sp³-hybridized carbons (Fsp3) is 0.412. The lowest BCUT2D eigenvalue weighted by atomic mass is 9.95.